The minimum Gasteiger partial charge on any atom is -0.422 e. The number of esters is 1. The van der Waals surface area contributed by atoms with Crippen molar-refractivity contribution in [3.05, 3.63) is 86.6 Å². The van der Waals surface area contributed by atoms with Crippen molar-refractivity contribution in [1.29, 1.82) is 0 Å². The third-order valence-corrected chi connectivity index (χ3v) is 5.61. The van der Waals surface area contributed by atoms with E-state index in [1.165, 1.54) is 35.8 Å². The van der Waals surface area contributed by atoms with Gasteiger partial charge in [-0.2, -0.15) is 13.5 Å². The van der Waals surface area contributed by atoms with Gasteiger partial charge in [-0.05, 0) is 47.3 Å². The normalized spacial score (nSPS) is 11.3. The molecule has 0 atom stereocenters. The molecule has 1 N–H and O–H groups in total. The van der Waals surface area contributed by atoms with E-state index in [1.54, 1.807) is 41.8 Å². The second-order valence-corrected chi connectivity index (χ2v) is 8.15. The predicted molar refractivity (Wildman–Crippen MR) is 107 cm³/mol. The molecule has 0 unspecified atom stereocenters. The van der Waals surface area contributed by atoms with Crippen molar-refractivity contribution in [2.45, 2.75) is 4.90 Å². The second-order valence-electron chi connectivity index (χ2n) is 5.54. The SMILES string of the molecule is O=C(Oc1ccc(/C=N/NS(=O)(=O)c2cccc([N+](=O)[O-])c2)cc1)c1cccs1. The van der Waals surface area contributed by atoms with Gasteiger partial charge in [0.1, 0.15) is 10.6 Å². The number of nitro groups is 1. The van der Waals surface area contributed by atoms with Gasteiger partial charge in [0.15, 0.2) is 0 Å². The van der Waals surface area contributed by atoms with Gasteiger partial charge < -0.3 is 4.74 Å². The Labute approximate surface area is 169 Å². The van der Waals surface area contributed by atoms with E-state index in [0.717, 1.165) is 6.07 Å². The summed E-state index contributed by atoms with van der Waals surface area (Å²) in [4.78, 5) is 24.2. The van der Waals surface area contributed by atoms with Gasteiger partial charge in [0.2, 0.25) is 0 Å². The van der Waals surface area contributed by atoms with E-state index >= 15 is 0 Å². The van der Waals surface area contributed by atoms with Crippen LogP contribution in [-0.2, 0) is 10.0 Å². The molecule has 2 aromatic carbocycles. The molecule has 148 valence electrons. The van der Waals surface area contributed by atoms with Crippen molar-refractivity contribution in [1.82, 2.24) is 4.83 Å². The van der Waals surface area contributed by atoms with Crippen LogP contribution in [0.1, 0.15) is 15.2 Å². The molecule has 9 nitrogen and oxygen atoms in total. The number of nitro benzene ring substituents is 1. The van der Waals surface area contributed by atoms with Crippen molar-refractivity contribution in [2.75, 3.05) is 0 Å². The molecule has 29 heavy (non-hydrogen) atoms. The molecule has 0 spiro atoms. The molecule has 0 fully saturated rings. The Morgan fingerprint density at radius 3 is 2.55 bits per heavy atom. The second kappa shape index (κ2) is 8.63. The molecule has 1 heterocycles. The number of hydrogen-bond acceptors (Lipinski definition) is 8. The molecule has 11 heteroatoms. The highest BCUT2D eigenvalue weighted by molar-refractivity contribution is 7.89. The van der Waals surface area contributed by atoms with Crippen LogP contribution in [0, 0.1) is 10.1 Å². The van der Waals surface area contributed by atoms with Gasteiger partial charge in [0.25, 0.3) is 15.7 Å². The van der Waals surface area contributed by atoms with Gasteiger partial charge in [-0.15, -0.1) is 11.3 Å². The minimum absolute atomic E-state index is 0.278. The van der Waals surface area contributed by atoms with Crippen molar-refractivity contribution >= 4 is 39.2 Å². The number of sulfonamides is 1. The van der Waals surface area contributed by atoms with Crippen molar-refractivity contribution in [3.63, 3.8) is 0 Å². The summed E-state index contributed by atoms with van der Waals surface area (Å²) in [5.74, 6) is -0.135. The first-order chi connectivity index (χ1) is 13.8. The van der Waals surface area contributed by atoms with Gasteiger partial charge >= 0.3 is 5.97 Å². The van der Waals surface area contributed by atoms with E-state index in [9.17, 15) is 23.3 Å². The molecular weight excluding hydrogens is 418 g/mol. The van der Waals surface area contributed by atoms with Gasteiger partial charge in [-0.3, -0.25) is 10.1 Å². The van der Waals surface area contributed by atoms with Crippen LogP contribution < -0.4 is 9.57 Å². The van der Waals surface area contributed by atoms with Gasteiger partial charge in [-0.1, -0.05) is 12.1 Å². The molecule has 3 aromatic rings. The van der Waals surface area contributed by atoms with Gasteiger partial charge in [-0.25, -0.2) is 9.63 Å². The highest BCUT2D eigenvalue weighted by atomic mass is 32.2. The molecule has 0 bridgehead atoms. The highest BCUT2D eigenvalue weighted by Gasteiger charge is 2.16. The van der Waals surface area contributed by atoms with Crippen LogP contribution in [0.5, 0.6) is 5.75 Å². The first kappa shape index (κ1) is 20.2. The number of nitrogens with zero attached hydrogens (tertiary/aromatic N) is 2. The Balaban J connectivity index is 1.63. The van der Waals surface area contributed by atoms with Crippen LogP contribution in [0.2, 0.25) is 0 Å². The Bertz CT molecular complexity index is 1160. The molecule has 0 saturated carbocycles. The predicted octanol–water partition coefficient (Wildman–Crippen LogP) is 3.19. The molecule has 0 radical (unpaired) electrons. The largest absolute Gasteiger partial charge is 0.422 e. The topological polar surface area (TPSA) is 128 Å². The van der Waals surface area contributed by atoms with Crippen LogP contribution in [0.25, 0.3) is 0 Å². The van der Waals surface area contributed by atoms with Crippen LogP contribution in [-0.4, -0.2) is 25.5 Å². The average molecular weight is 431 g/mol. The van der Waals surface area contributed by atoms with Crippen molar-refractivity contribution in [2.24, 2.45) is 5.10 Å². The quantitative estimate of drug-likeness (QED) is 0.201. The molecule has 0 amide bonds. The van der Waals surface area contributed by atoms with Crippen molar-refractivity contribution in [3.8, 4) is 5.75 Å². The fourth-order valence-corrected chi connectivity index (χ4v) is 3.59. The van der Waals surface area contributed by atoms with E-state index < -0.39 is 20.9 Å². The van der Waals surface area contributed by atoms with E-state index in [0.29, 0.717) is 16.2 Å². The number of carbonyl (C=O) groups excluding carboxylic acids is 1. The van der Waals surface area contributed by atoms with Gasteiger partial charge in [0.05, 0.1) is 16.0 Å². The van der Waals surface area contributed by atoms with E-state index in [4.69, 9.17) is 4.74 Å². The summed E-state index contributed by atoms with van der Waals surface area (Å²) in [6.45, 7) is 0. The summed E-state index contributed by atoms with van der Waals surface area (Å²) in [6, 6.07) is 14.3. The summed E-state index contributed by atoms with van der Waals surface area (Å²) in [7, 11) is -4.06. The van der Waals surface area contributed by atoms with Gasteiger partial charge in [0, 0.05) is 12.1 Å². The van der Waals surface area contributed by atoms with E-state index in [-0.39, 0.29) is 10.6 Å². The Kier molecular flexibility index (Phi) is 6.00. The average Bonchev–Trinajstić information content (AvgIpc) is 3.24. The maximum absolute atomic E-state index is 12.2. The number of hydrazone groups is 1. The first-order valence-corrected chi connectivity index (χ1v) is 10.4. The zero-order chi connectivity index (χ0) is 20.9. The lowest BCUT2D eigenvalue weighted by atomic mass is 10.2. The Morgan fingerprint density at radius 2 is 1.90 bits per heavy atom. The van der Waals surface area contributed by atoms with Crippen LogP contribution in [0.4, 0.5) is 5.69 Å². The molecule has 0 aliphatic rings. The number of benzene rings is 2. The smallest absolute Gasteiger partial charge is 0.353 e. The lowest BCUT2D eigenvalue weighted by Gasteiger charge is -2.04. The summed E-state index contributed by atoms with van der Waals surface area (Å²) in [5, 5.41) is 16.2. The number of non-ortho nitro benzene ring substituents is 1. The molecule has 0 saturated heterocycles. The lowest BCUT2D eigenvalue weighted by Crippen LogP contribution is -2.18. The molecule has 1 aromatic heterocycles. The molecule has 0 aliphatic carbocycles. The monoisotopic (exact) mass is 431 g/mol. The maximum Gasteiger partial charge on any atom is 0.353 e. The maximum atomic E-state index is 12.2. The Morgan fingerprint density at radius 1 is 1.14 bits per heavy atom. The fourth-order valence-electron chi connectivity index (χ4n) is 2.16. The summed E-state index contributed by atoms with van der Waals surface area (Å²) < 4.78 is 29.6. The summed E-state index contributed by atoms with van der Waals surface area (Å²) in [6.07, 6.45) is 1.25. The summed E-state index contributed by atoms with van der Waals surface area (Å²) >= 11 is 1.27. The number of thiophene rings is 1. The first-order valence-electron chi connectivity index (χ1n) is 8.00. The lowest BCUT2D eigenvalue weighted by molar-refractivity contribution is -0.385. The molecule has 0 aliphatic heterocycles. The van der Waals surface area contributed by atoms with E-state index in [1.807, 2.05) is 4.83 Å². The fraction of sp³-hybridized carbons (Fsp3) is 0. The molecule has 3 rings (SSSR count). The summed E-state index contributed by atoms with van der Waals surface area (Å²) in [5.41, 5.74) is 0.201. The molecular formula is C18H13N3O6S2. The number of nitrogens with one attached hydrogen (secondary N) is 1. The third-order valence-electron chi connectivity index (χ3n) is 3.54. The standard InChI is InChI=1S/C18H13N3O6S2/c22-18(17-5-2-10-28-17)27-15-8-6-13(7-9-15)12-19-20-29(25,26)16-4-1-3-14(11-16)21(23)24/h1-12,20H/b19-12+. The van der Waals surface area contributed by atoms with Crippen LogP contribution >= 0.6 is 11.3 Å². The highest BCUT2D eigenvalue weighted by Crippen LogP contribution is 2.18. The number of ether oxygens (including phenoxy) is 1. The number of rotatable bonds is 7. The van der Waals surface area contributed by atoms with Crippen LogP contribution in [0.15, 0.2) is 76.0 Å². The number of hydrogen-bond donors (Lipinski definition) is 1. The zero-order valence-electron chi connectivity index (χ0n) is 14.6. The van der Waals surface area contributed by atoms with Crippen molar-refractivity contribution < 1.29 is 22.9 Å². The van der Waals surface area contributed by atoms with Crippen LogP contribution in [0.3, 0.4) is 0 Å². The zero-order valence-corrected chi connectivity index (χ0v) is 16.2. The Hall–Kier alpha value is -3.57. The minimum atomic E-state index is -4.06. The third kappa shape index (κ3) is 5.24. The van der Waals surface area contributed by atoms with E-state index in [2.05, 4.69) is 5.10 Å². The number of carbonyl (C=O) groups is 1.